The Morgan fingerprint density at radius 3 is 2.67 bits per heavy atom. The van der Waals surface area contributed by atoms with Gasteiger partial charge in [0.1, 0.15) is 0 Å². The zero-order chi connectivity index (χ0) is 13.1. The van der Waals surface area contributed by atoms with Gasteiger partial charge in [-0.15, -0.1) is 0 Å². The second-order valence-corrected chi connectivity index (χ2v) is 8.06. The molecule has 2 aromatic heterocycles. The molecule has 3 nitrogen and oxygen atoms in total. The van der Waals surface area contributed by atoms with Crippen molar-refractivity contribution in [1.82, 2.24) is 9.97 Å². The fourth-order valence-electron chi connectivity index (χ4n) is 1.98. The summed E-state index contributed by atoms with van der Waals surface area (Å²) < 4.78 is 0. The first-order valence-electron chi connectivity index (χ1n) is 5.26. The molecule has 2 heterocycles. The maximum absolute atomic E-state index is 5.75. The molecule has 0 aliphatic rings. The summed E-state index contributed by atoms with van der Waals surface area (Å²) in [5.74, 6) is 0. The van der Waals surface area contributed by atoms with E-state index in [0.717, 1.165) is 22.4 Å². The Morgan fingerprint density at radius 2 is 1.94 bits per heavy atom. The first-order chi connectivity index (χ1) is 8.67. The number of nitrogens with one attached hydrogen (secondary N) is 1. The maximum atomic E-state index is 5.75. The Labute approximate surface area is 122 Å². The quantitative estimate of drug-likeness (QED) is 0.458. The number of hydrogen-bond acceptors (Lipinski definition) is 2. The molecule has 3 aromatic rings. The Kier molecular flexibility index (Phi) is 4.59. The minimum absolute atomic E-state index is 0.777. The van der Waals surface area contributed by atoms with Gasteiger partial charge in [0.15, 0.2) is 0 Å². The van der Waals surface area contributed by atoms with Crippen LogP contribution in [0.3, 0.4) is 0 Å². The van der Waals surface area contributed by atoms with Crippen molar-refractivity contribution in [3.63, 3.8) is 0 Å². The third-order valence-corrected chi connectivity index (χ3v) is 2.73. The zero-order valence-corrected chi connectivity index (χ0v) is 14.0. The number of halogens is 2. The molecule has 0 aliphatic carbocycles. The van der Waals surface area contributed by atoms with Crippen molar-refractivity contribution in [2.45, 2.75) is 6.92 Å². The molecule has 0 unspecified atom stereocenters. The summed E-state index contributed by atoms with van der Waals surface area (Å²) in [6.07, 6.45) is 1.83. The van der Waals surface area contributed by atoms with E-state index >= 15 is 0 Å². The number of aromatic nitrogens is 2. The average molecular weight is 387 g/mol. The second kappa shape index (κ2) is 5.99. The summed E-state index contributed by atoms with van der Waals surface area (Å²) in [7, 11) is 9.87. The molecular weight excluding hydrogens is 376 g/mol. The number of nitrogens with zero attached hydrogens (tertiary/aromatic N) is 1. The van der Waals surface area contributed by atoms with Gasteiger partial charge in [-0.05, 0) is 25.1 Å². The number of nitrogens with two attached hydrogens (primary N) is 1. The van der Waals surface area contributed by atoms with Crippen LogP contribution in [0.2, 0.25) is 0 Å². The summed E-state index contributed by atoms with van der Waals surface area (Å²) >= 11 is -0.826. The van der Waals surface area contributed by atoms with Gasteiger partial charge in [-0.3, -0.25) is 4.98 Å². The van der Waals surface area contributed by atoms with Crippen LogP contribution in [0.15, 0.2) is 30.5 Å². The first kappa shape index (κ1) is 13.8. The van der Waals surface area contributed by atoms with Crippen molar-refractivity contribution < 1.29 is 0 Å². The third-order valence-electron chi connectivity index (χ3n) is 2.73. The normalized spacial score (nSPS) is 10.4. The fraction of sp³-hybridized carbons (Fsp3) is 0.0833. The number of pyridine rings is 1. The molecule has 0 aliphatic heterocycles. The summed E-state index contributed by atoms with van der Waals surface area (Å²) in [5.41, 5.74) is 9.71. The molecule has 18 heavy (non-hydrogen) atoms. The molecule has 0 saturated heterocycles. The summed E-state index contributed by atoms with van der Waals surface area (Å²) in [4.78, 5) is 7.61. The average Bonchev–Trinajstić information content (AvgIpc) is 2.69. The predicted octanol–water partition coefficient (Wildman–Crippen LogP) is 3.60. The number of fused-ring (bicyclic) bond motifs is 3. The van der Waals surface area contributed by atoms with E-state index in [0.29, 0.717) is 0 Å². The molecule has 0 atom stereocenters. The number of anilines is 1. The molecule has 6 heteroatoms. The Bertz CT molecular complexity index is 681. The monoisotopic (exact) mass is 387 g/mol. The van der Waals surface area contributed by atoms with Crippen LogP contribution < -0.4 is 5.73 Å². The molecule has 3 rings (SSSR count). The van der Waals surface area contributed by atoms with Gasteiger partial charge in [-0.2, -0.15) is 0 Å². The van der Waals surface area contributed by atoms with Gasteiger partial charge in [-0.25, -0.2) is 0 Å². The number of aryl methyl sites for hydroxylation is 1. The van der Waals surface area contributed by atoms with E-state index in [1.54, 1.807) is 0 Å². The van der Waals surface area contributed by atoms with E-state index in [4.69, 9.17) is 23.6 Å². The number of hydrogen-bond donors (Lipinski definition) is 2. The number of rotatable bonds is 0. The van der Waals surface area contributed by atoms with Crippen LogP contribution in [0.1, 0.15) is 5.69 Å². The zero-order valence-electron chi connectivity index (χ0n) is 9.67. The van der Waals surface area contributed by atoms with Crippen molar-refractivity contribution in [3.8, 4) is 0 Å². The van der Waals surface area contributed by atoms with E-state index in [9.17, 15) is 0 Å². The molecule has 0 amide bonds. The van der Waals surface area contributed by atoms with Crippen molar-refractivity contribution in [2.24, 2.45) is 0 Å². The molecule has 1 aromatic carbocycles. The van der Waals surface area contributed by atoms with Crippen LogP contribution in [-0.2, 0) is 0 Å². The van der Waals surface area contributed by atoms with Crippen LogP contribution in [-0.4, -0.2) is 28.9 Å². The third kappa shape index (κ3) is 2.68. The van der Waals surface area contributed by atoms with E-state index in [1.165, 1.54) is 10.8 Å². The van der Waals surface area contributed by atoms with Gasteiger partial charge in [0.05, 0.1) is 11.2 Å². The molecule has 0 saturated carbocycles. The van der Waals surface area contributed by atoms with E-state index in [-0.39, 0.29) is 0 Å². The summed E-state index contributed by atoms with van der Waals surface area (Å²) in [5, 5.41) is 2.40. The molecular formula is C12H11Cl2N3Sn. The van der Waals surface area contributed by atoms with Crippen molar-refractivity contribution in [3.05, 3.63) is 36.2 Å². The predicted molar refractivity (Wildman–Crippen MR) is 80.2 cm³/mol. The molecule has 0 fully saturated rings. The summed E-state index contributed by atoms with van der Waals surface area (Å²) in [6.45, 7) is 2.00. The second-order valence-electron chi connectivity index (χ2n) is 3.82. The molecule has 0 bridgehead atoms. The first-order valence-corrected chi connectivity index (χ1v) is 12.5. The van der Waals surface area contributed by atoms with E-state index in [1.807, 2.05) is 37.4 Å². The van der Waals surface area contributed by atoms with E-state index in [2.05, 4.69) is 9.97 Å². The number of benzene rings is 1. The van der Waals surface area contributed by atoms with Crippen LogP contribution in [0.25, 0.3) is 21.8 Å². The Morgan fingerprint density at radius 1 is 1.22 bits per heavy atom. The van der Waals surface area contributed by atoms with Crippen molar-refractivity contribution in [2.75, 3.05) is 5.73 Å². The molecule has 2 radical (unpaired) electrons. The van der Waals surface area contributed by atoms with Gasteiger partial charge in [0.2, 0.25) is 0 Å². The van der Waals surface area contributed by atoms with Crippen LogP contribution in [0, 0.1) is 6.92 Å². The van der Waals surface area contributed by atoms with Crippen LogP contribution in [0.5, 0.6) is 0 Å². The van der Waals surface area contributed by atoms with Crippen molar-refractivity contribution >= 4 is 64.2 Å². The minimum atomic E-state index is -0.826. The van der Waals surface area contributed by atoms with Gasteiger partial charge >= 0.3 is 36.7 Å². The van der Waals surface area contributed by atoms with Crippen LogP contribution in [0.4, 0.5) is 5.69 Å². The van der Waals surface area contributed by atoms with Gasteiger partial charge in [0.25, 0.3) is 0 Å². The van der Waals surface area contributed by atoms with Gasteiger partial charge in [0, 0.05) is 28.2 Å². The SMILES string of the molecule is Cc1nccc2c1[nH]c1cc(N)ccc12.[Cl][Sn][Cl]. The molecule has 0 spiro atoms. The number of aromatic amines is 1. The Balaban J connectivity index is 0.000000367. The number of H-pyrrole nitrogens is 1. The molecule has 92 valence electrons. The topological polar surface area (TPSA) is 54.7 Å². The Hall–Kier alpha value is -0.651. The summed E-state index contributed by atoms with van der Waals surface area (Å²) in [6, 6.07) is 7.94. The van der Waals surface area contributed by atoms with Gasteiger partial charge < -0.3 is 10.7 Å². The van der Waals surface area contributed by atoms with Gasteiger partial charge in [-0.1, -0.05) is 6.07 Å². The fourth-order valence-corrected chi connectivity index (χ4v) is 1.98. The standard InChI is InChI=1S/C12H11N3.2ClH.Sn/c1-7-12-10(4-5-14-7)9-3-2-8(13)6-11(9)15-12;;;/h2-6,15H,13H2,1H3;2*1H;/q;;;+2/p-2. The van der Waals surface area contributed by atoms with E-state index < -0.39 is 18.9 Å². The van der Waals surface area contributed by atoms with Crippen LogP contribution >= 0.6 is 17.8 Å². The van der Waals surface area contributed by atoms with Crippen molar-refractivity contribution in [1.29, 1.82) is 0 Å². The molecule has 3 N–H and O–H groups in total. The number of nitrogen functional groups attached to an aromatic ring is 1.